The van der Waals surface area contributed by atoms with E-state index in [1.807, 2.05) is 6.92 Å². The zero-order chi connectivity index (χ0) is 18.4. The van der Waals surface area contributed by atoms with Crippen molar-refractivity contribution in [2.24, 2.45) is 11.1 Å². The largest absolute Gasteiger partial charge is 0.496 e. The van der Waals surface area contributed by atoms with E-state index in [9.17, 15) is 4.79 Å². The number of benzene rings is 1. The highest BCUT2D eigenvalue weighted by Crippen LogP contribution is 2.54. The molecule has 0 aromatic heterocycles. The Balaban J connectivity index is 2.25. The average molecular weight is 368 g/mol. The number of oxime groups is 1. The smallest absolute Gasteiger partial charge is 0.231 e. The van der Waals surface area contributed by atoms with E-state index in [1.54, 1.807) is 6.07 Å². The Labute approximate surface area is 149 Å². The van der Waals surface area contributed by atoms with Crippen molar-refractivity contribution in [1.82, 2.24) is 0 Å². The van der Waals surface area contributed by atoms with Crippen LogP contribution < -0.4 is 14.2 Å². The second-order valence-electron chi connectivity index (χ2n) is 5.88. The molecule has 1 aromatic carbocycles. The monoisotopic (exact) mass is 367 g/mol. The predicted molar refractivity (Wildman–Crippen MR) is 90.3 cm³/mol. The van der Waals surface area contributed by atoms with Gasteiger partial charge in [0.2, 0.25) is 11.4 Å². The molecule has 2 aliphatic rings. The zero-order valence-electron chi connectivity index (χ0n) is 14.3. The summed E-state index contributed by atoms with van der Waals surface area (Å²) in [5, 5.41) is 12.5. The second-order valence-corrected chi connectivity index (χ2v) is 6.25. The Morgan fingerprint density at radius 1 is 1.28 bits per heavy atom. The molecule has 1 heterocycles. The third kappa shape index (κ3) is 2.26. The van der Waals surface area contributed by atoms with Crippen molar-refractivity contribution in [1.29, 1.82) is 0 Å². The van der Waals surface area contributed by atoms with Crippen molar-refractivity contribution in [3.8, 4) is 17.2 Å². The topological polar surface area (TPSA) is 86.6 Å². The van der Waals surface area contributed by atoms with Crippen LogP contribution in [0.25, 0.3) is 0 Å². The van der Waals surface area contributed by atoms with Gasteiger partial charge in [-0.3, -0.25) is 4.79 Å². The van der Waals surface area contributed by atoms with Gasteiger partial charge in [-0.1, -0.05) is 23.7 Å². The third-order valence-electron chi connectivity index (χ3n) is 4.64. The number of Topliss-reactive ketones (excluding diaryl/α,β-unsaturated/α-hetero) is 1. The summed E-state index contributed by atoms with van der Waals surface area (Å²) in [6, 6.07) is 1.55. The molecule has 1 aromatic rings. The van der Waals surface area contributed by atoms with Crippen molar-refractivity contribution in [2.75, 3.05) is 21.3 Å². The normalized spacial score (nSPS) is 26.3. The SMILES string of the molecule is COC1=C/C(=N/O)C[C@@H](C)[C@]12Oc1c(Cl)c(OC)cc(OC)c1C2=O. The lowest BCUT2D eigenvalue weighted by atomic mass is 9.75. The molecule has 0 bridgehead atoms. The molecule has 25 heavy (non-hydrogen) atoms. The fourth-order valence-electron chi connectivity index (χ4n) is 3.39. The summed E-state index contributed by atoms with van der Waals surface area (Å²) >= 11 is 6.36. The summed E-state index contributed by atoms with van der Waals surface area (Å²) in [5.74, 6) is 0.416. The van der Waals surface area contributed by atoms with E-state index in [1.165, 1.54) is 27.4 Å². The lowest BCUT2D eigenvalue weighted by molar-refractivity contribution is 0.0204. The molecule has 8 heteroatoms. The van der Waals surface area contributed by atoms with Gasteiger partial charge in [-0.25, -0.2) is 0 Å². The Kier molecular flexibility index (Phi) is 4.28. The molecule has 0 saturated heterocycles. The number of hydrogen-bond acceptors (Lipinski definition) is 7. The van der Waals surface area contributed by atoms with Crippen LogP contribution in [0.4, 0.5) is 0 Å². The van der Waals surface area contributed by atoms with Gasteiger partial charge in [0, 0.05) is 24.5 Å². The lowest BCUT2D eigenvalue weighted by Gasteiger charge is -2.37. The number of halogens is 1. The first kappa shape index (κ1) is 17.4. The molecule has 1 aliphatic heterocycles. The maximum Gasteiger partial charge on any atom is 0.231 e. The van der Waals surface area contributed by atoms with Crippen LogP contribution in [0.5, 0.6) is 17.2 Å². The number of allylic oxidation sites excluding steroid dienone is 1. The van der Waals surface area contributed by atoms with E-state index in [4.69, 9.17) is 35.8 Å². The average Bonchev–Trinajstić information content (AvgIpc) is 2.93. The third-order valence-corrected chi connectivity index (χ3v) is 5.00. The Bertz CT molecular complexity index is 803. The van der Waals surface area contributed by atoms with Gasteiger partial charge in [0.05, 0.1) is 27.0 Å². The van der Waals surface area contributed by atoms with Crippen LogP contribution in [-0.2, 0) is 4.74 Å². The van der Waals surface area contributed by atoms with Crippen LogP contribution in [0.3, 0.4) is 0 Å². The van der Waals surface area contributed by atoms with E-state index in [0.717, 1.165) is 0 Å². The molecule has 3 rings (SSSR count). The number of hydrogen-bond donors (Lipinski definition) is 1. The Hall–Kier alpha value is -2.41. The Morgan fingerprint density at radius 2 is 1.96 bits per heavy atom. The first-order valence-corrected chi connectivity index (χ1v) is 7.97. The van der Waals surface area contributed by atoms with Crippen LogP contribution in [0, 0.1) is 5.92 Å². The molecule has 0 amide bonds. The molecular formula is C17H18ClNO6. The number of carbonyl (C=O) groups is 1. The van der Waals surface area contributed by atoms with E-state index in [-0.39, 0.29) is 33.8 Å². The summed E-state index contributed by atoms with van der Waals surface area (Å²) in [6.45, 7) is 1.82. The van der Waals surface area contributed by atoms with E-state index >= 15 is 0 Å². The highest BCUT2D eigenvalue weighted by atomic mass is 35.5. The highest BCUT2D eigenvalue weighted by molar-refractivity contribution is 6.35. The second kappa shape index (κ2) is 6.15. The van der Waals surface area contributed by atoms with Crippen LogP contribution in [-0.4, -0.2) is 43.6 Å². The maximum atomic E-state index is 13.4. The van der Waals surface area contributed by atoms with Gasteiger partial charge >= 0.3 is 0 Å². The molecular weight excluding hydrogens is 350 g/mol. The Morgan fingerprint density at radius 3 is 2.52 bits per heavy atom. The number of methoxy groups -OCH3 is 3. The van der Waals surface area contributed by atoms with E-state index in [2.05, 4.69) is 5.16 Å². The number of carbonyl (C=O) groups excluding carboxylic acids is 1. The van der Waals surface area contributed by atoms with E-state index < -0.39 is 5.60 Å². The summed E-state index contributed by atoms with van der Waals surface area (Å²) in [6.07, 6.45) is 1.83. The zero-order valence-corrected chi connectivity index (χ0v) is 15.0. The minimum absolute atomic E-state index is 0.188. The molecule has 0 radical (unpaired) electrons. The number of ketones is 1. The maximum absolute atomic E-state index is 13.4. The van der Waals surface area contributed by atoms with Crippen LogP contribution >= 0.6 is 11.6 Å². The van der Waals surface area contributed by atoms with Gasteiger partial charge in [0.25, 0.3) is 0 Å². The van der Waals surface area contributed by atoms with Crippen molar-refractivity contribution >= 4 is 23.1 Å². The van der Waals surface area contributed by atoms with Crippen molar-refractivity contribution in [2.45, 2.75) is 18.9 Å². The molecule has 0 saturated carbocycles. The number of ether oxygens (including phenoxy) is 4. The number of rotatable bonds is 3. The molecule has 0 fully saturated rings. The van der Waals surface area contributed by atoms with Gasteiger partial charge in [0.1, 0.15) is 27.8 Å². The fourth-order valence-corrected chi connectivity index (χ4v) is 3.65. The molecule has 1 spiro atoms. The molecule has 134 valence electrons. The molecule has 1 aliphatic carbocycles. The van der Waals surface area contributed by atoms with Crippen molar-refractivity contribution < 1.29 is 28.9 Å². The van der Waals surface area contributed by atoms with Gasteiger partial charge in [-0.05, 0) is 0 Å². The van der Waals surface area contributed by atoms with Gasteiger partial charge in [-0.2, -0.15) is 0 Å². The molecule has 1 N–H and O–H groups in total. The molecule has 7 nitrogen and oxygen atoms in total. The fraction of sp³-hybridized carbons (Fsp3) is 0.412. The minimum Gasteiger partial charge on any atom is -0.496 e. The summed E-state index contributed by atoms with van der Waals surface area (Å²) < 4.78 is 22.1. The quantitative estimate of drug-likeness (QED) is 0.652. The van der Waals surface area contributed by atoms with Crippen molar-refractivity contribution in [3.63, 3.8) is 0 Å². The summed E-state index contributed by atoms with van der Waals surface area (Å²) in [5.41, 5.74) is -0.750. The van der Waals surface area contributed by atoms with Gasteiger partial charge in [0.15, 0.2) is 5.75 Å². The lowest BCUT2D eigenvalue weighted by Crippen LogP contribution is -2.51. The highest BCUT2D eigenvalue weighted by Gasteiger charge is 2.59. The molecule has 2 atom stereocenters. The first-order valence-electron chi connectivity index (χ1n) is 7.59. The summed E-state index contributed by atoms with van der Waals surface area (Å²) in [7, 11) is 4.35. The number of nitrogens with zero attached hydrogens (tertiary/aromatic N) is 1. The first-order chi connectivity index (χ1) is 11.9. The molecule has 0 unspecified atom stereocenters. The number of fused-ring (bicyclic) bond motifs is 1. The minimum atomic E-state index is -1.39. The van der Waals surface area contributed by atoms with Crippen LogP contribution in [0.2, 0.25) is 5.02 Å². The predicted octanol–water partition coefficient (Wildman–Crippen LogP) is 3.07. The van der Waals surface area contributed by atoms with Crippen LogP contribution in [0.1, 0.15) is 23.7 Å². The van der Waals surface area contributed by atoms with Crippen molar-refractivity contribution in [3.05, 3.63) is 28.5 Å². The van der Waals surface area contributed by atoms with Gasteiger partial charge < -0.3 is 24.2 Å². The van der Waals surface area contributed by atoms with Gasteiger partial charge in [-0.15, -0.1) is 0 Å². The van der Waals surface area contributed by atoms with Crippen LogP contribution in [0.15, 0.2) is 23.1 Å². The standard InChI is InChI=1S/C17H18ClNO6/c1-8-5-9(19-21)6-12(24-4)17(8)16(20)13-10(22-2)7-11(23-3)14(18)15(13)25-17/h6-8,21H,5H2,1-4H3/b19-9+/t8-,17+/m1/s1. The summed E-state index contributed by atoms with van der Waals surface area (Å²) in [4.78, 5) is 13.4. The van der Waals surface area contributed by atoms with E-state index in [0.29, 0.717) is 23.6 Å².